The maximum atomic E-state index is 14.4. The molecule has 0 radical (unpaired) electrons. The number of benzene rings is 2. The fraction of sp³-hybridized carbons (Fsp3) is 0.118. The van der Waals surface area contributed by atoms with Crippen molar-refractivity contribution in [1.82, 2.24) is 9.48 Å². The number of aryl methyl sites for hydroxylation is 2. The van der Waals surface area contributed by atoms with Gasteiger partial charge in [-0.15, -0.1) is 0 Å². The third kappa shape index (κ3) is 2.94. The van der Waals surface area contributed by atoms with Crippen LogP contribution >= 0.6 is 23.2 Å². The zero-order chi connectivity index (χ0) is 21.9. The highest BCUT2D eigenvalue weighted by molar-refractivity contribution is 6.36. The lowest BCUT2D eigenvalue weighted by molar-refractivity contribution is 0.261. The van der Waals surface area contributed by atoms with Crippen molar-refractivity contribution in [2.24, 2.45) is 14.1 Å². The molecule has 0 unspecified atom stereocenters. The molecule has 2 heterocycles. The van der Waals surface area contributed by atoms with E-state index in [0.717, 1.165) is 21.6 Å². The van der Waals surface area contributed by atoms with Crippen LogP contribution in [0.1, 0.15) is 0 Å². The van der Waals surface area contributed by atoms with Gasteiger partial charge in [0.25, 0.3) is 11.1 Å². The largest absolute Gasteiger partial charge is 0.374 e. The molecule has 2 aromatic carbocycles. The van der Waals surface area contributed by atoms with E-state index in [1.165, 1.54) is 14.1 Å². The molecular formula is C17H10Cl2F2N4O5. The number of halogens is 4. The average molecular weight is 459 g/mol. The first-order valence-electron chi connectivity index (χ1n) is 8.14. The van der Waals surface area contributed by atoms with Gasteiger partial charge in [0.05, 0.1) is 10.0 Å². The molecular weight excluding hydrogens is 449 g/mol. The third-order valence-corrected chi connectivity index (χ3v) is 4.90. The smallest absolute Gasteiger partial charge is 0.324 e. The van der Waals surface area contributed by atoms with Gasteiger partial charge in [0.2, 0.25) is 0 Å². The number of fused-ring (bicyclic) bond motifs is 2. The van der Waals surface area contributed by atoms with Gasteiger partial charge in [-0.25, -0.2) is 13.6 Å². The summed E-state index contributed by atoms with van der Waals surface area (Å²) < 4.78 is 40.7. The molecule has 156 valence electrons. The second-order valence-corrected chi connectivity index (χ2v) is 7.02. The van der Waals surface area contributed by atoms with Crippen LogP contribution in [0.3, 0.4) is 0 Å². The Morgan fingerprint density at radius 1 is 0.867 bits per heavy atom. The molecule has 0 atom stereocenters. The van der Waals surface area contributed by atoms with Gasteiger partial charge in [-0.1, -0.05) is 23.2 Å². The Morgan fingerprint density at radius 3 is 1.60 bits per heavy atom. The van der Waals surface area contributed by atoms with Crippen LogP contribution in [0, 0.1) is 11.6 Å². The number of anilines is 2. The molecule has 0 bridgehead atoms. The fourth-order valence-electron chi connectivity index (χ4n) is 2.94. The van der Waals surface area contributed by atoms with Crippen molar-refractivity contribution in [2.45, 2.75) is 0 Å². The summed E-state index contributed by atoms with van der Waals surface area (Å²) in [5, 5.41) is 3.57. The van der Waals surface area contributed by atoms with Crippen LogP contribution in [0.15, 0.2) is 30.8 Å². The molecule has 2 amide bonds. The lowest BCUT2D eigenvalue weighted by Crippen LogP contribution is -2.21. The summed E-state index contributed by atoms with van der Waals surface area (Å²) in [6.45, 7) is 0. The van der Waals surface area contributed by atoms with Gasteiger partial charge >= 0.3 is 6.03 Å². The molecule has 2 N–H and O–H groups in total. The zero-order valence-corrected chi connectivity index (χ0v) is 16.6. The molecule has 4 aromatic rings. The Morgan fingerprint density at radius 2 is 1.23 bits per heavy atom. The van der Waals surface area contributed by atoms with Crippen LogP contribution in [-0.4, -0.2) is 15.5 Å². The normalized spacial score (nSPS) is 11.4. The minimum atomic E-state index is -1.11. The predicted octanol–water partition coefficient (Wildman–Crippen LogP) is 3.81. The van der Waals surface area contributed by atoms with Crippen LogP contribution in [0.2, 0.25) is 10.0 Å². The molecule has 0 saturated heterocycles. The summed E-state index contributed by atoms with van der Waals surface area (Å²) >= 11 is 11.8. The fourth-order valence-corrected chi connectivity index (χ4v) is 3.46. The number of hydrogen-bond donors (Lipinski definition) is 2. The lowest BCUT2D eigenvalue weighted by Gasteiger charge is -2.10. The van der Waals surface area contributed by atoms with Crippen molar-refractivity contribution >= 4 is 62.5 Å². The molecule has 13 heteroatoms. The third-order valence-electron chi connectivity index (χ3n) is 4.30. The lowest BCUT2D eigenvalue weighted by atomic mass is 10.2. The van der Waals surface area contributed by atoms with Gasteiger partial charge in [-0.2, -0.15) is 9.48 Å². The Hall–Kier alpha value is -3.31. The Kier molecular flexibility index (Phi) is 4.59. The van der Waals surface area contributed by atoms with Crippen molar-refractivity contribution in [3.05, 3.63) is 54.5 Å². The molecule has 30 heavy (non-hydrogen) atoms. The minimum absolute atomic E-state index is 0.148. The van der Waals surface area contributed by atoms with Gasteiger partial charge in [-0.05, 0) is 12.1 Å². The molecule has 0 fully saturated rings. The van der Waals surface area contributed by atoms with E-state index in [0.29, 0.717) is 0 Å². The maximum absolute atomic E-state index is 14.4. The van der Waals surface area contributed by atoms with Crippen LogP contribution in [-0.2, 0) is 14.1 Å². The van der Waals surface area contributed by atoms with Crippen molar-refractivity contribution in [1.29, 1.82) is 0 Å². The van der Waals surface area contributed by atoms with E-state index in [4.69, 9.17) is 32.2 Å². The minimum Gasteiger partial charge on any atom is -0.374 e. The van der Waals surface area contributed by atoms with Gasteiger partial charge < -0.3 is 19.7 Å². The number of urea groups is 1. The average Bonchev–Trinajstić information content (AvgIpc) is 3.12. The summed E-state index contributed by atoms with van der Waals surface area (Å²) in [5.41, 5.74) is -2.90. The Bertz CT molecular complexity index is 1370. The van der Waals surface area contributed by atoms with Crippen LogP contribution in [0.4, 0.5) is 25.0 Å². The zero-order valence-electron chi connectivity index (χ0n) is 15.1. The van der Waals surface area contributed by atoms with E-state index < -0.39 is 40.2 Å². The quantitative estimate of drug-likeness (QED) is 0.474. The van der Waals surface area contributed by atoms with Gasteiger partial charge in [0.15, 0.2) is 22.8 Å². The first-order valence-corrected chi connectivity index (χ1v) is 8.89. The molecule has 0 aliphatic rings. The van der Waals surface area contributed by atoms with E-state index in [9.17, 15) is 23.2 Å². The number of rotatable bonds is 2. The monoisotopic (exact) mass is 458 g/mol. The van der Waals surface area contributed by atoms with E-state index in [2.05, 4.69) is 10.6 Å². The topological polar surface area (TPSA) is 111 Å². The number of nitrogens with zero attached hydrogens (tertiary/aromatic N) is 2. The van der Waals surface area contributed by atoms with Crippen molar-refractivity contribution in [2.75, 3.05) is 10.6 Å². The summed E-state index contributed by atoms with van der Waals surface area (Å²) in [6, 6.07) is 0.541. The first-order chi connectivity index (χ1) is 14.1. The van der Waals surface area contributed by atoms with Gasteiger partial charge in [0.1, 0.15) is 22.1 Å². The number of nitrogens with one attached hydrogen (secondary N) is 2. The number of carbonyl (C=O) groups excluding carboxylic acids is 1. The molecule has 4 rings (SSSR count). The summed E-state index contributed by atoms with van der Waals surface area (Å²) in [7, 11) is 2.55. The summed E-state index contributed by atoms with van der Waals surface area (Å²) in [5.74, 6) is -1.99. The molecule has 0 spiro atoms. The highest BCUT2D eigenvalue weighted by Crippen LogP contribution is 2.33. The Balaban J connectivity index is 1.77. The highest BCUT2D eigenvalue weighted by atomic mass is 35.5. The van der Waals surface area contributed by atoms with Crippen molar-refractivity contribution in [3.8, 4) is 0 Å². The standard InChI is InChI=1S/C17H10Cl2F2N4O5/c1-24-15(26)9-5(18)3-7(20)11(13(9)29-24)22-17(28)23-12-8(21)4-6(19)10-14(12)30-25(2)16(10)27/h3-4H,1-2H3,(H2,22,23,28). The second kappa shape index (κ2) is 6.89. The van der Waals surface area contributed by atoms with E-state index >= 15 is 0 Å². The van der Waals surface area contributed by atoms with E-state index in [-0.39, 0.29) is 32.0 Å². The number of hydrogen-bond acceptors (Lipinski definition) is 5. The number of amides is 2. The predicted molar refractivity (Wildman–Crippen MR) is 105 cm³/mol. The molecule has 0 saturated carbocycles. The van der Waals surface area contributed by atoms with Crippen LogP contribution in [0.5, 0.6) is 0 Å². The van der Waals surface area contributed by atoms with Gasteiger partial charge in [0, 0.05) is 14.1 Å². The maximum Gasteiger partial charge on any atom is 0.324 e. The molecule has 2 aromatic heterocycles. The first kappa shape index (κ1) is 20.0. The number of aromatic nitrogens is 2. The SMILES string of the molecule is Cn1oc2c(NC(=O)Nc3c(F)cc(Cl)c4c(=O)n(C)oc34)c(F)cc(Cl)c2c1=O. The molecule has 0 aliphatic carbocycles. The summed E-state index contributed by atoms with van der Waals surface area (Å²) in [6.07, 6.45) is 0. The molecule has 9 nitrogen and oxygen atoms in total. The van der Waals surface area contributed by atoms with Crippen molar-refractivity contribution in [3.63, 3.8) is 0 Å². The van der Waals surface area contributed by atoms with Gasteiger partial charge in [-0.3, -0.25) is 9.59 Å². The van der Waals surface area contributed by atoms with Crippen molar-refractivity contribution < 1.29 is 22.6 Å². The van der Waals surface area contributed by atoms with E-state index in [1.54, 1.807) is 0 Å². The molecule has 0 aliphatic heterocycles. The highest BCUT2D eigenvalue weighted by Gasteiger charge is 2.24. The van der Waals surface area contributed by atoms with E-state index in [1.807, 2.05) is 0 Å². The Labute approximate surface area is 174 Å². The van der Waals surface area contributed by atoms with Crippen LogP contribution in [0.25, 0.3) is 21.9 Å². The second-order valence-electron chi connectivity index (χ2n) is 6.21. The number of carbonyl (C=O) groups is 1. The summed E-state index contributed by atoms with van der Waals surface area (Å²) in [4.78, 5) is 36.6. The van der Waals surface area contributed by atoms with Crippen LogP contribution < -0.4 is 21.8 Å².